The van der Waals surface area contributed by atoms with Crippen LogP contribution in [0, 0.1) is 29.6 Å². The van der Waals surface area contributed by atoms with E-state index in [1.54, 1.807) is 18.2 Å². The van der Waals surface area contributed by atoms with Crippen molar-refractivity contribution in [3.8, 4) is 40.5 Å². The molecule has 10 heteroatoms. The Labute approximate surface area is 335 Å². The first-order chi connectivity index (χ1) is 27.2. The third-order valence-electron chi connectivity index (χ3n) is 11.6. The molecule has 4 aromatic rings. The number of carbonyl (C=O) groups excluding carboxylic acids is 1. The summed E-state index contributed by atoms with van der Waals surface area (Å²) in [7, 11) is 0. The lowest BCUT2D eigenvalue weighted by Gasteiger charge is -2.25. The van der Waals surface area contributed by atoms with E-state index in [1.165, 1.54) is 29.5 Å². The van der Waals surface area contributed by atoms with Gasteiger partial charge in [0.1, 0.15) is 30.0 Å². The Morgan fingerprint density at radius 3 is 2.36 bits per heavy atom. The van der Waals surface area contributed by atoms with Crippen molar-refractivity contribution in [2.75, 3.05) is 19.7 Å². The lowest BCUT2D eigenvalue weighted by molar-refractivity contribution is -0.122. The van der Waals surface area contributed by atoms with E-state index >= 15 is 0 Å². The van der Waals surface area contributed by atoms with Gasteiger partial charge in [0.05, 0.1) is 34.9 Å². The molecule has 1 aliphatic carbocycles. The molecule has 0 spiro atoms. The van der Waals surface area contributed by atoms with Crippen LogP contribution < -0.4 is 24.8 Å². The fourth-order valence-corrected chi connectivity index (χ4v) is 8.72. The van der Waals surface area contributed by atoms with E-state index in [9.17, 15) is 15.3 Å². The van der Waals surface area contributed by atoms with Crippen LogP contribution in [0.2, 0.25) is 5.02 Å². The molecule has 56 heavy (non-hydrogen) atoms. The Kier molecular flexibility index (Phi) is 12.5. The molecular weight excluding hydrogens is 722 g/mol. The summed E-state index contributed by atoms with van der Waals surface area (Å²) in [5, 5.41) is 26.0. The number of likely N-dealkylation sites (tertiary alicyclic amines) is 1. The zero-order valence-corrected chi connectivity index (χ0v) is 33.3. The number of ether oxygens (including phenoxy) is 3. The van der Waals surface area contributed by atoms with Gasteiger partial charge in [0.15, 0.2) is 0 Å². The number of carbonyl (C=O) groups is 1. The zero-order valence-electron chi connectivity index (χ0n) is 32.5. The van der Waals surface area contributed by atoms with Gasteiger partial charge in [-0.05, 0) is 123 Å². The molecule has 0 aromatic heterocycles. The van der Waals surface area contributed by atoms with Gasteiger partial charge < -0.3 is 24.8 Å². The summed E-state index contributed by atoms with van der Waals surface area (Å²) >= 11 is 6.96. The average Bonchev–Trinajstić information content (AvgIpc) is 3.77. The van der Waals surface area contributed by atoms with Crippen molar-refractivity contribution in [2.24, 2.45) is 0 Å². The molecule has 2 heterocycles. The highest BCUT2D eigenvalue weighted by atomic mass is 35.5. The zero-order chi connectivity index (χ0) is 39.2. The summed E-state index contributed by atoms with van der Waals surface area (Å²) in [6, 6.07) is 27.2. The maximum Gasteiger partial charge on any atom is 0.220 e. The number of rotatable bonds is 14. The van der Waals surface area contributed by atoms with E-state index in [-0.39, 0.29) is 24.7 Å². The Morgan fingerprint density at radius 2 is 1.62 bits per heavy atom. The van der Waals surface area contributed by atoms with Gasteiger partial charge in [-0.2, -0.15) is 10.5 Å². The molecule has 290 valence electrons. The molecule has 4 atom stereocenters. The van der Waals surface area contributed by atoms with E-state index in [4.69, 9.17) is 25.8 Å². The predicted octanol–water partition coefficient (Wildman–Crippen LogP) is 8.71. The highest BCUT2D eigenvalue weighted by Crippen LogP contribution is 2.44. The molecule has 1 amide bonds. The van der Waals surface area contributed by atoms with Gasteiger partial charge in [-0.1, -0.05) is 41.9 Å². The van der Waals surface area contributed by atoms with Crippen molar-refractivity contribution >= 4 is 17.5 Å². The second-order valence-corrected chi connectivity index (χ2v) is 15.8. The first-order valence-electron chi connectivity index (χ1n) is 19.9. The molecule has 2 N–H and O–H groups in total. The van der Waals surface area contributed by atoms with Gasteiger partial charge in [-0.25, -0.2) is 0 Å². The number of nitriles is 2. The standard InChI is InChI=1S/C46H50ClN5O4/c1-29-11-12-30(2)52(29)17-6-18-54-42-10-5-7-37(31(42)3)38-8-4-9-40-39(38)14-15-43(40)56-45-23-44(55-28-34-20-32(24-48)19-33(21-34)25-49)35(22-41(45)47)26-50-36-13-16-46(53)51-27-36/h4-5,7-10,19-23,29-30,36,43,50H,6,11-18,26-28H2,1-3H3,(H,51,53)/t29-,30-,36+,43+/m1/s1. The van der Waals surface area contributed by atoms with E-state index in [0.29, 0.717) is 71.4 Å². The second kappa shape index (κ2) is 17.8. The molecule has 0 radical (unpaired) electrons. The van der Waals surface area contributed by atoms with Crippen molar-refractivity contribution < 1.29 is 19.0 Å². The van der Waals surface area contributed by atoms with Crippen LogP contribution in [0.1, 0.15) is 97.4 Å². The van der Waals surface area contributed by atoms with Gasteiger partial charge in [-0.3, -0.25) is 9.69 Å². The molecule has 3 aliphatic rings. The third-order valence-corrected chi connectivity index (χ3v) is 11.9. The van der Waals surface area contributed by atoms with Crippen LogP contribution in [0.15, 0.2) is 66.7 Å². The van der Waals surface area contributed by atoms with Crippen molar-refractivity contribution in [1.82, 2.24) is 15.5 Å². The summed E-state index contributed by atoms with van der Waals surface area (Å²) in [4.78, 5) is 14.3. The summed E-state index contributed by atoms with van der Waals surface area (Å²) in [6.07, 6.45) is 6.24. The summed E-state index contributed by atoms with van der Waals surface area (Å²) in [5.74, 6) is 2.10. The number of nitrogens with one attached hydrogen (secondary N) is 2. The number of fused-ring (bicyclic) bond motifs is 1. The van der Waals surface area contributed by atoms with Crippen LogP contribution in [0.5, 0.6) is 17.2 Å². The van der Waals surface area contributed by atoms with E-state index < -0.39 is 0 Å². The summed E-state index contributed by atoms with van der Waals surface area (Å²) in [5.41, 5.74) is 8.26. The maximum atomic E-state index is 11.7. The minimum Gasteiger partial charge on any atom is -0.493 e. The summed E-state index contributed by atoms with van der Waals surface area (Å²) in [6.45, 7) is 9.73. The van der Waals surface area contributed by atoms with Gasteiger partial charge in [0.25, 0.3) is 0 Å². The van der Waals surface area contributed by atoms with Crippen molar-refractivity contribution in [3.05, 3.63) is 111 Å². The Hall–Kier alpha value is -5.06. The van der Waals surface area contributed by atoms with Gasteiger partial charge in [-0.15, -0.1) is 0 Å². The monoisotopic (exact) mass is 771 g/mol. The SMILES string of the molecule is Cc1c(OCCCN2[C@H](C)CC[C@H]2C)cccc1-c1cccc2c1CC[C@@H]2Oc1cc(OCc2cc(C#N)cc(C#N)c2)c(CN[C@H]2CCC(=O)NC2)cc1Cl. The van der Waals surface area contributed by atoms with Crippen LogP contribution in [0.25, 0.3) is 11.1 Å². The van der Waals surface area contributed by atoms with Gasteiger partial charge in [0, 0.05) is 55.8 Å². The number of hydrogen-bond acceptors (Lipinski definition) is 8. The van der Waals surface area contributed by atoms with E-state index in [1.807, 2.05) is 12.1 Å². The molecule has 2 aliphatic heterocycles. The molecule has 0 bridgehead atoms. The number of benzene rings is 4. The van der Waals surface area contributed by atoms with Gasteiger partial charge >= 0.3 is 0 Å². The van der Waals surface area contributed by atoms with E-state index in [0.717, 1.165) is 54.7 Å². The Morgan fingerprint density at radius 1 is 0.875 bits per heavy atom. The Balaban J connectivity index is 1.08. The van der Waals surface area contributed by atoms with Crippen molar-refractivity contribution in [1.29, 1.82) is 10.5 Å². The summed E-state index contributed by atoms with van der Waals surface area (Å²) < 4.78 is 19.5. The first-order valence-corrected chi connectivity index (χ1v) is 20.2. The van der Waals surface area contributed by atoms with Crippen molar-refractivity contribution in [2.45, 2.75) is 103 Å². The largest absolute Gasteiger partial charge is 0.493 e. The molecule has 7 rings (SSSR count). The minimum atomic E-state index is -0.203. The molecular formula is C46H50ClN5O4. The fourth-order valence-electron chi connectivity index (χ4n) is 8.49. The number of halogens is 1. The lowest BCUT2D eigenvalue weighted by atomic mass is 9.93. The smallest absolute Gasteiger partial charge is 0.220 e. The maximum absolute atomic E-state index is 11.7. The molecule has 0 unspecified atom stereocenters. The normalized spacial score (nSPS) is 20.5. The molecule has 9 nitrogen and oxygen atoms in total. The third kappa shape index (κ3) is 8.98. The predicted molar refractivity (Wildman–Crippen MR) is 218 cm³/mol. The first kappa shape index (κ1) is 39.2. The van der Waals surface area contributed by atoms with Crippen LogP contribution in [0.3, 0.4) is 0 Å². The van der Waals surface area contributed by atoms with Crippen LogP contribution in [0.4, 0.5) is 0 Å². The quantitative estimate of drug-likeness (QED) is 0.122. The average molecular weight is 772 g/mol. The Bertz CT molecular complexity index is 2110. The van der Waals surface area contributed by atoms with Crippen LogP contribution in [-0.4, -0.2) is 48.6 Å². The number of nitrogens with zero attached hydrogens (tertiary/aromatic N) is 3. The molecule has 4 aromatic carbocycles. The van der Waals surface area contributed by atoms with E-state index in [2.05, 4.69) is 84.8 Å². The lowest BCUT2D eigenvalue weighted by Crippen LogP contribution is -2.45. The highest BCUT2D eigenvalue weighted by molar-refractivity contribution is 6.32. The van der Waals surface area contributed by atoms with Crippen LogP contribution in [-0.2, 0) is 24.4 Å². The van der Waals surface area contributed by atoms with Gasteiger partial charge in [0.2, 0.25) is 5.91 Å². The van der Waals surface area contributed by atoms with Crippen molar-refractivity contribution in [3.63, 3.8) is 0 Å². The highest BCUT2D eigenvalue weighted by Gasteiger charge is 2.29. The topological polar surface area (TPSA) is 120 Å². The minimum absolute atomic E-state index is 0.0642. The van der Waals surface area contributed by atoms with Crippen LogP contribution >= 0.6 is 11.6 Å². The number of piperidine rings is 1. The molecule has 0 saturated carbocycles. The molecule has 2 saturated heterocycles. The second-order valence-electron chi connectivity index (χ2n) is 15.4. The number of amides is 1. The number of hydrogen-bond donors (Lipinski definition) is 2. The fraction of sp³-hybridized carbons (Fsp3) is 0.413. The molecule has 2 fully saturated rings.